The molecule has 0 saturated carbocycles. The van der Waals surface area contributed by atoms with Crippen LogP contribution in [0.4, 0.5) is 20.2 Å². The largest absolute Gasteiger partial charge is 0.280 e. The molecule has 3 aromatic carbocycles. The lowest BCUT2D eigenvalue weighted by Gasteiger charge is -2.15. The molecular weight excluding hydrogens is 446 g/mol. The van der Waals surface area contributed by atoms with Crippen LogP contribution in [0.25, 0.3) is 0 Å². The topological polar surface area (TPSA) is 92.3 Å². The summed E-state index contributed by atoms with van der Waals surface area (Å²) in [7, 11) is -8.34. The van der Waals surface area contributed by atoms with Gasteiger partial charge in [0.2, 0.25) is 0 Å². The summed E-state index contributed by atoms with van der Waals surface area (Å²) in [4.78, 5) is -0.942. The van der Waals surface area contributed by atoms with Gasteiger partial charge in [0.15, 0.2) is 0 Å². The zero-order valence-corrected chi connectivity index (χ0v) is 18.5. The van der Waals surface area contributed by atoms with Crippen LogP contribution in [0, 0.1) is 32.4 Å². The second kappa shape index (κ2) is 8.27. The molecule has 0 aliphatic heterocycles. The molecule has 2 N–H and O–H groups in total. The SMILES string of the molecule is Cc1cc(C)c(NS(=O)(=O)c2ccc(NS(=O)(=O)c3cc(F)ccc3F)cc2)c(C)c1. The molecule has 0 unspecified atom stereocenters. The second-order valence-electron chi connectivity index (χ2n) is 7.08. The molecule has 6 nitrogen and oxygen atoms in total. The lowest BCUT2D eigenvalue weighted by atomic mass is 10.1. The first kappa shape index (κ1) is 22.7. The van der Waals surface area contributed by atoms with Crippen molar-refractivity contribution in [2.24, 2.45) is 0 Å². The summed E-state index contributed by atoms with van der Waals surface area (Å²) in [5.41, 5.74) is 3.00. The van der Waals surface area contributed by atoms with E-state index in [0.29, 0.717) is 17.8 Å². The Kier molecular flexibility index (Phi) is 6.06. The van der Waals surface area contributed by atoms with Gasteiger partial charge < -0.3 is 0 Å². The van der Waals surface area contributed by atoms with Gasteiger partial charge in [-0.15, -0.1) is 0 Å². The minimum absolute atomic E-state index is 0.00897. The molecule has 3 rings (SSSR count). The monoisotopic (exact) mass is 466 g/mol. The molecule has 31 heavy (non-hydrogen) atoms. The number of sulfonamides is 2. The van der Waals surface area contributed by atoms with Gasteiger partial charge in [-0.3, -0.25) is 9.44 Å². The number of halogens is 2. The van der Waals surface area contributed by atoms with Gasteiger partial charge in [-0.25, -0.2) is 25.6 Å². The highest BCUT2D eigenvalue weighted by Gasteiger charge is 2.21. The Morgan fingerprint density at radius 2 is 1.29 bits per heavy atom. The zero-order valence-electron chi connectivity index (χ0n) is 16.9. The van der Waals surface area contributed by atoms with Crippen molar-refractivity contribution in [2.45, 2.75) is 30.6 Å². The van der Waals surface area contributed by atoms with E-state index in [0.717, 1.165) is 22.8 Å². The highest BCUT2D eigenvalue weighted by Crippen LogP contribution is 2.26. The molecule has 0 spiro atoms. The van der Waals surface area contributed by atoms with Crippen LogP contribution in [0.5, 0.6) is 0 Å². The van der Waals surface area contributed by atoms with Crippen LogP contribution in [-0.4, -0.2) is 16.8 Å². The summed E-state index contributed by atoms with van der Waals surface area (Å²) in [6.07, 6.45) is 0. The summed E-state index contributed by atoms with van der Waals surface area (Å²) in [6.45, 7) is 5.50. The predicted octanol–water partition coefficient (Wildman–Crippen LogP) is 4.49. The first-order valence-electron chi connectivity index (χ1n) is 9.08. The maximum absolute atomic E-state index is 13.8. The molecule has 0 aromatic heterocycles. The van der Waals surface area contributed by atoms with Crippen LogP contribution in [0.15, 0.2) is 64.4 Å². The van der Waals surface area contributed by atoms with Crippen molar-refractivity contribution in [3.63, 3.8) is 0 Å². The van der Waals surface area contributed by atoms with E-state index in [-0.39, 0.29) is 10.6 Å². The second-order valence-corrected chi connectivity index (χ2v) is 10.4. The number of rotatable bonds is 6. The molecule has 0 fully saturated rings. The molecule has 0 radical (unpaired) electrons. The smallest absolute Gasteiger partial charge is 0.264 e. The maximum Gasteiger partial charge on any atom is 0.264 e. The van der Waals surface area contributed by atoms with Crippen LogP contribution >= 0.6 is 0 Å². The average molecular weight is 467 g/mol. The number of nitrogens with one attached hydrogen (secondary N) is 2. The van der Waals surface area contributed by atoms with Crippen molar-refractivity contribution in [3.8, 4) is 0 Å². The molecule has 0 saturated heterocycles. The Bertz CT molecular complexity index is 1330. The summed E-state index contributed by atoms with van der Waals surface area (Å²) in [5.74, 6) is -2.02. The van der Waals surface area contributed by atoms with Gasteiger partial charge in [-0.1, -0.05) is 17.7 Å². The van der Waals surface area contributed by atoms with Crippen molar-refractivity contribution < 1.29 is 25.6 Å². The number of hydrogen-bond acceptors (Lipinski definition) is 4. The third-order valence-corrected chi connectivity index (χ3v) is 7.27. The minimum Gasteiger partial charge on any atom is -0.280 e. The molecule has 10 heteroatoms. The molecule has 0 heterocycles. The van der Waals surface area contributed by atoms with Gasteiger partial charge in [-0.2, -0.15) is 0 Å². The third kappa shape index (κ3) is 5.02. The van der Waals surface area contributed by atoms with Crippen molar-refractivity contribution in [1.29, 1.82) is 0 Å². The van der Waals surface area contributed by atoms with Crippen LogP contribution in [0.1, 0.15) is 16.7 Å². The van der Waals surface area contributed by atoms with E-state index in [1.165, 1.54) is 24.3 Å². The zero-order chi connectivity index (χ0) is 23.0. The van der Waals surface area contributed by atoms with E-state index in [9.17, 15) is 25.6 Å². The van der Waals surface area contributed by atoms with Crippen LogP contribution < -0.4 is 9.44 Å². The van der Waals surface area contributed by atoms with E-state index in [4.69, 9.17) is 0 Å². The lowest BCUT2D eigenvalue weighted by molar-refractivity contribution is 0.555. The van der Waals surface area contributed by atoms with Gasteiger partial charge in [-0.05, 0) is 74.4 Å². The van der Waals surface area contributed by atoms with Gasteiger partial charge in [0.1, 0.15) is 16.5 Å². The molecule has 0 aliphatic rings. The number of anilines is 2. The Labute approximate surface area is 180 Å². The summed E-state index contributed by atoms with van der Waals surface area (Å²) >= 11 is 0. The molecule has 0 bridgehead atoms. The molecule has 0 atom stereocenters. The van der Waals surface area contributed by atoms with Gasteiger partial charge >= 0.3 is 0 Å². The number of benzene rings is 3. The minimum atomic E-state index is -4.41. The van der Waals surface area contributed by atoms with Crippen molar-refractivity contribution in [1.82, 2.24) is 0 Å². The fourth-order valence-corrected chi connectivity index (χ4v) is 5.48. The molecular formula is C21H20F2N2O4S2. The Morgan fingerprint density at radius 1 is 0.710 bits per heavy atom. The van der Waals surface area contributed by atoms with Crippen molar-refractivity contribution in [2.75, 3.05) is 9.44 Å². The predicted molar refractivity (Wildman–Crippen MR) is 115 cm³/mol. The Balaban J connectivity index is 1.85. The average Bonchev–Trinajstić information content (AvgIpc) is 2.66. The van der Waals surface area contributed by atoms with Gasteiger partial charge in [0, 0.05) is 5.69 Å². The summed E-state index contributed by atoms with van der Waals surface area (Å²) < 4.78 is 82.0. The first-order chi connectivity index (χ1) is 14.4. The molecule has 0 aliphatic carbocycles. The lowest BCUT2D eigenvalue weighted by Crippen LogP contribution is -2.16. The van der Waals surface area contributed by atoms with Crippen molar-refractivity contribution >= 4 is 31.4 Å². The van der Waals surface area contributed by atoms with E-state index >= 15 is 0 Å². The highest BCUT2D eigenvalue weighted by molar-refractivity contribution is 7.93. The van der Waals surface area contributed by atoms with Gasteiger partial charge in [0.05, 0.1) is 10.6 Å². The Hall–Kier alpha value is -2.98. The summed E-state index contributed by atoms with van der Waals surface area (Å²) in [5, 5.41) is 0. The van der Waals surface area contributed by atoms with E-state index in [1.54, 1.807) is 13.8 Å². The normalized spacial score (nSPS) is 11.9. The highest BCUT2D eigenvalue weighted by atomic mass is 32.2. The van der Waals surface area contributed by atoms with Crippen LogP contribution in [-0.2, 0) is 20.0 Å². The van der Waals surface area contributed by atoms with Crippen molar-refractivity contribution in [3.05, 3.63) is 82.9 Å². The number of aryl methyl sites for hydroxylation is 3. The maximum atomic E-state index is 13.8. The van der Waals surface area contributed by atoms with E-state index < -0.39 is 36.6 Å². The van der Waals surface area contributed by atoms with E-state index in [1.807, 2.05) is 19.1 Å². The summed E-state index contributed by atoms with van der Waals surface area (Å²) in [6, 6.07) is 10.6. The standard InChI is InChI=1S/C21H20F2N2O4S2/c1-13-10-14(2)21(15(3)11-13)25-30(26,27)18-7-5-17(6-8-18)24-31(28,29)20-12-16(22)4-9-19(20)23/h4-12,24-25H,1-3H3. The number of hydrogen-bond donors (Lipinski definition) is 2. The van der Waals surface area contributed by atoms with E-state index in [2.05, 4.69) is 9.44 Å². The molecule has 3 aromatic rings. The van der Waals surface area contributed by atoms with Crippen LogP contribution in [0.2, 0.25) is 0 Å². The third-order valence-electron chi connectivity index (χ3n) is 4.51. The van der Waals surface area contributed by atoms with Crippen LogP contribution in [0.3, 0.4) is 0 Å². The fourth-order valence-electron chi connectivity index (χ4n) is 3.13. The van der Waals surface area contributed by atoms with Gasteiger partial charge in [0.25, 0.3) is 20.0 Å². The first-order valence-corrected chi connectivity index (χ1v) is 12.0. The fraction of sp³-hybridized carbons (Fsp3) is 0.143. The molecule has 164 valence electrons. The molecule has 0 amide bonds. The quantitative estimate of drug-likeness (QED) is 0.560. The Morgan fingerprint density at radius 3 is 1.87 bits per heavy atom.